The third kappa shape index (κ3) is 3.68. The predicted molar refractivity (Wildman–Crippen MR) is 103 cm³/mol. The van der Waals surface area contributed by atoms with Gasteiger partial charge in [-0.2, -0.15) is 0 Å². The Morgan fingerprint density at radius 1 is 1.13 bits per heavy atom. The van der Waals surface area contributed by atoms with E-state index in [1.54, 1.807) is 24.3 Å². The molecule has 0 radical (unpaired) electrons. The number of hydrogen-bond acceptors (Lipinski definition) is 8. The van der Waals surface area contributed by atoms with Gasteiger partial charge in [-0.3, -0.25) is 10.1 Å². The van der Waals surface area contributed by atoms with E-state index in [2.05, 4.69) is 10.6 Å². The van der Waals surface area contributed by atoms with Crippen LogP contribution in [0.1, 0.15) is 17.2 Å². The second-order valence-corrected chi connectivity index (χ2v) is 6.20. The lowest BCUT2D eigenvalue weighted by Crippen LogP contribution is -2.45. The van der Waals surface area contributed by atoms with Gasteiger partial charge < -0.3 is 30.3 Å². The number of esters is 1. The molecule has 11 heteroatoms. The highest BCUT2D eigenvalue weighted by Crippen LogP contribution is 2.41. The number of nitro benzene ring substituents is 1. The Morgan fingerprint density at radius 2 is 1.80 bits per heavy atom. The van der Waals surface area contributed by atoms with Crippen LogP contribution >= 0.6 is 0 Å². The van der Waals surface area contributed by atoms with E-state index in [1.165, 1.54) is 7.11 Å². The van der Waals surface area contributed by atoms with Crippen LogP contribution in [0.4, 0.5) is 10.5 Å². The second-order valence-electron chi connectivity index (χ2n) is 6.20. The first kappa shape index (κ1) is 20.5. The highest BCUT2D eigenvalue weighted by Gasteiger charge is 2.36. The Bertz CT molecular complexity index is 1060. The highest BCUT2D eigenvalue weighted by molar-refractivity contribution is 6.04. The fourth-order valence-electron chi connectivity index (χ4n) is 3.07. The van der Waals surface area contributed by atoms with E-state index in [0.717, 1.165) is 19.2 Å². The number of ether oxygens (including phenoxy) is 2. The normalized spacial score (nSPS) is 15.8. The molecule has 0 saturated carbocycles. The van der Waals surface area contributed by atoms with Gasteiger partial charge in [0, 0.05) is 17.7 Å². The number of carbonyl (C=O) groups excluding carboxylic acids is 2. The van der Waals surface area contributed by atoms with Crippen LogP contribution in [0.5, 0.6) is 17.2 Å². The van der Waals surface area contributed by atoms with Crippen molar-refractivity contribution in [3.63, 3.8) is 0 Å². The molecule has 3 rings (SSSR count). The van der Waals surface area contributed by atoms with Crippen molar-refractivity contribution in [2.45, 2.75) is 6.04 Å². The number of rotatable bonds is 5. The first-order chi connectivity index (χ1) is 14.3. The molecule has 2 aromatic carbocycles. The maximum Gasteiger partial charge on any atom is 0.338 e. The van der Waals surface area contributed by atoms with Crippen molar-refractivity contribution in [2.75, 3.05) is 14.2 Å². The number of nitrogens with zero attached hydrogens (tertiary/aromatic N) is 1. The van der Waals surface area contributed by atoms with Crippen molar-refractivity contribution in [1.82, 2.24) is 10.6 Å². The smallest absolute Gasteiger partial charge is 0.338 e. The number of nitrogens with one attached hydrogen (secondary N) is 2. The Labute approximate surface area is 169 Å². The van der Waals surface area contributed by atoms with Crippen molar-refractivity contribution in [1.29, 1.82) is 0 Å². The lowest BCUT2D eigenvalue weighted by atomic mass is 9.91. The molecule has 2 amide bonds. The van der Waals surface area contributed by atoms with Crippen molar-refractivity contribution >= 4 is 23.4 Å². The van der Waals surface area contributed by atoms with Crippen molar-refractivity contribution < 1.29 is 34.2 Å². The third-order valence-electron chi connectivity index (χ3n) is 4.49. The van der Waals surface area contributed by atoms with E-state index in [0.29, 0.717) is 11.3 Å². The summed E-state index contributed by atoms with van der Waals surface area (Å²) >= 11 is 0. The van der Waals surface area contributed by atoms with Gasteiger partial charge in [0.15, 0.2) is 5.75 Å². The minimum absolute atomic E-state index is 0.0911. The van der Waals surface area contributed by atoms with E-state index in [9.17, 15) is 29.9 Å². The number of amides is 2. The quantitative estimate of drug-likeness (QED) is 0.327. The first-order valence-electron chi connectivity index (χ1n) is 8.51. The van der Waals surface area contributed by atoms with Crippen molar-refractivity contribution in [3.8, 4) is 17.2 Å². The Morgan fingerprint density at radius 3 is 2.37 bits per heavy atom. The fraction of sp³-hybridized carbons (Fsp3) is 0.158. The lowest BCUT2D eigenvalue weighted by molar-refractivity contribution is -0.386. The molecule has 0 fully saturated rings. The summed E-state index contributed by atoms with van der Waals surface area (Å²) in [7, 11) is 2.62. The molecule has 1 aliphatic rings. The summed E-state index contributed by atoms with van der Waals surface area (Å²) in [4.78, 5) is 35.3. The zero-order valence-corrected chi connectivity index (χ0v) is 15.8. The summed E-state index contributed by atoms with van der Waals surface area (Å²) < 4.78 is 9.94. The molecule has 0 bridgehead atoms. The summed E-state index contributed by atoms with van der Waals surface area (Å²) in [5.74, 6) is -1.61. The van der Waals surface area contributed by atoms with Crippen LogP contribution in [-0.4, -0.2) is 41.4 Å². The van der Waals surface area contributed by atoms with Crippen molar-refractivity contribution in [3.05, 3.63) is 63.2 Å². The number of nitro groups is 1. The highest BCUT2D eigenvalue weighted by atomic mass is 16.6. The summed E-state index contributed by atoms with van der Waals surface area (Å²) in [5, 5.41) is 36.2. The average Bonchev–Trinajstić information content (AvgIpc) is 2.72. The van der Waals surface area contributed by atoms with E-state index in [4.69, 9.17) is 9.47 Å². The molecule has 1 unspecified atom stereocenters. The Kier molecular flexibility index (Phi) is 5.45. The summed E-state index contributed by atoms with van der Waals surface area (Å²) in [6.45, 7) is 0. The molecule has 0 spiro atoms. The molecule has 11 nitrogen and oxygen atoms in total. The summed E-state index contributed by atoms with van der Waals surface area (Å²) in [5.41, 5.74) is -0.443. The molecular formula is C19H17N3O8. The standard InChI is InChI=1S/C19H17N3O8/c1-29-10-5-3-9(4-6-10)16-15(18(25)30-2)17(21-19(26)20-16)11-7-12(22(27)28)14(24)8-13(11)23/h3-8,17,23-24H,1-2H3,(H2,20,21,26). The van der Waals surface area contributed by atoms with Crippen LogP contribution in [0.2, 0.25) is 0 Å². The fourth-order valence-corrected chi connectivity index (χ4v) is 3.07. The van der Waals surface area contributed by atoms with Gasteiger partial charge in [-0.05, 0) is 29.8 Å². The number of carbonyl (C=O) groups is 2. The van der Waals surface area contributed by atoms with Crippen molar-refractivity contribution in [2.24, 2.45) is 0 Å². The molecule has 0 saturated heterocycles. The number of phenols is 2. The minimum Gasteiger partial charge on any atom is -0.507 e. The van der Waals surface area contributed by atoms with Crippen LogP contribution in [-0.2, 0) is 9.53 Å². The van der Waals surface area contributed by atoms with Gasteiger partial charge in [0.1, 0.15) is 11.5 Å². The molecule has 1 atom stereocenters. The predicted octanol–water partition coefficient (Wildman–Crippen LogP) is 1.95. The SMILES string of the molecule is COC(=O)C1=C(c2ccc(OC)cc2)NC(=O)NC1c1cc([N+](=O)[O-])c(O)cc1O. The van der Waals surface area contributed by atoms with E-state index in [-0.39, 0.29) is 16.8 Å². The summed E-state index contributed by atoms with van der Waals surface area (Å²) in [6, 6.07) is 6.07. The van der Waals surface area contributed by atoms with Gasteiger partial charge in [0.2, 0.25) is 0 Å². The molecule has 0 aromatic heterocycles. The number of hydrogen-bond donors (Lipinski definition) is 4. The molecule has 30 heavy (non-hydrogen) atoms. The van der Waals surface area contributed by atoms with Gasteiger partial charge in [0.05, 0.1) is 36.5 Å². The van der Waals surface area contributed by atoms with Crippen LogP contribution in [0.3, 0.4) is 0 Å². The van der Waals surface area contributed by atoms with Gasteiger partial charge in [-0.1, -0.05) is 0 Å². The zero-order chi connectivity index (χ0) is 22.0. The van der Waals surface area contributed by atoms with Crippen LogP contribution in [0.15, 0.2) is 42.0 Å². The van der Waals surface area contributed by atoms with Gasteiger partial charge >= 0.3 is 17.7 Å². The Hall–Kier alpha value is -4.28. The molecule has 0 aliphatic carbocycles. The monoisotopic (exact) mass is 415 g/mol. The Balaban J connectivity index is 2.24. The van der Waals surface area contributed by atoms with Gasteiger partial charge in [-0.25, -0.2) is 9.59 Å². The number of aromatic hydroxyl groups is 2. The molecular weight excluding hydrogens is 398 g/mol. The average molecular weight is 415 g/mol. The second kappa shape index (κ2) is 7.99. The van der Waals surface area contributed by atoms with E-state index >= 15 is 0 Å². The number of benzene rings is 2. The largest absolute Gasteiger partial charge is 0.507 e. The topological polar surface area (TPSA) is 160 Å². The molecule has 1 aliphatic heterocycles. The van der Waals surface area contributed by atoms with Crippen LogP contribution in [0, 0.1) is 10.1 Å². The van der Waals surface area contributed by atoms with E-state index < -0.39 is 40.2 Å². The lowest BCUT2D eigenvalue weighted by Gasteiger charge is -2.29. The maximum atomic E-state index is 12.6. The number of phenolic OH excluding ortho intramolecular Hbond substituents is 2. The first-order valence-corrected chi connectivity index (χ1v) is 8.51. The van der Waals surface area contributed by atoms with Gasteiger partial charge in [0.25, 0.3) is 0 Å². The van der Waals surface area contributed by atoms with E-state index in [1.807, 2.05) is 0 Å². The molecule has 1 heterocycles. The summed E-state index contributed by atoms with van der Waals surface area (Å²) in [6.07, 6.45) is 0. The molecule has 156 valence electrons. The zero-order valence-electron chi connectivity index (χ0n) is 15.8. The molecule has 2 aromatic rings. The number of urea groups is 1. The van der Waals surface area contributed by atoms with Crippen LogP contribution < -0.4 is 15.4 Å². The maximum absolute atomic E-state index is 12.6. The van der Waals surface area contributed by atoms with Crippen LogP contribution in [0.25, 0.3) is 5.70 Å². The third-order valence-corrected chi connectivity index (χ3v) is 4.49. The number of methoxy groups -OCH3 is 2. The minimum atomic E-state index is -1.29. The molecule has 4 N–H and O–H groups in total. The van der Waals surface area contributed by atoms with Gasteiger partial charge in [-0.15, -0.1) is 0 Å².